The van der Waals surface area contributed by atoms with Crippen LogP contribution < -0.4 is 4.74 Å². The Labute approximate surface area is 73.9 Å². The molecule has 4 heteroatoms. The van der Waals surface area contributed by atoms with Crippen LogP contribution in [0.3, 0.4) is 0 Å². The molecule has 0 aliphatic heterocycles. The summed E-state index contributed by atoms with van der Waals surface area (Å²) in [6, 6.07) is 2.63. The highest BCUT2D eigenvalue weighted by Gasteiger charge is 2.05. The van der Waals surface area contributed by atoms with Gasteiger partial charge in [0.15, 0.2) is 0 Å². The van der Waals surface area contributed by atoms with Crippen LogP contribution in [-0.4, -0.2) is 6.86 Å². The molecule has 0 saturated carbocycles. The lowest BCUT2D eigenvalue weighted by atomic mass is 10.2. The third-order valence-electron chi connectivity index (χ3n) is 1.40. The third kappa shape index (κ3) is 1.85. The van der Waals surface area contributed by atoms with Crippen LogP contribution in [0.1, 0.15) is 5.56 Å². The van der Waals surface area contributed by atoms with Gasteiger partial charge >= 0.3 is 0 Å². The van der Waals surface area contributed by atoms with E-state index in [1.54, 1.807) is 0 Å². The Hall–Kier alpha value is -0.830. The highest BCUT2D eigenvalue weighted by atomic mass is 35.5. The normalized spacial score (nSPS) is 10.0. The van der Waals surface area contributed by atoms with E-state index in [4.69, 9.17) is 11.6 Å². The van der Waals surface area contributed by atoms with E-state index in [0.717, 1.165) is 0 Å². The molecule has 1 aromatic rings. The second kappa shape index (κ2) is 3.72. The fourth-order valence-electron chi connectivity index (χ4n) is 0.841. The molecule has 0 unspecified atom stereocenters. The Bertz CT molecular complexity index is 265. The van der Waals surface area contributed by atoms with E-state index in [-0.39, 0.29) is 10.8 Å². The van der Waals surface area contributed by atoms with Gasteiger partial charge in [-0.3, -0.25) is 0 Å². The van der Waals surface area contributed by atoms with E-state index >= 15 is 0 Å². The predicted molar refractivity (Wildman–Crippen MR) is 42.8 cm³/mol. The maximum absolute atomic E-state index is 12.9. The van der Waals surface area contributed by atoms with Crippen molar-refractivity contribution in [2.24, 2.45) is 0 Å². The molecule has 66 valence electrons. The van der Waals surface area contributed by atoms with Crippen molar-refractivity contribution in [2.75, 3.05) is 6.86 Å². The van der Waals surface area contributed by atoms with Gasteiger partial charge in [0.05, 0.1) is 5.02 Å². The monoisotopic (exact) mass is 192 g/mol. The van der Waals surface area contributed by atoms with Gasteiger partial charge < -0.3 is 4.74 Å². The zero-order valence-corrected chi connectivity index (χ0v) is 7.16. The molecule has 1 rings (SSSR count). The number of halogens is 3. The lowest BCUT2D eigenvalue weighted by molar-refractivity contribution is 0.191. The standard InChI is InChI=1S/C8H7ClF2O/c1-5-2-6(12-4-10)3-7(9)8(5)11/h2-3H,4H2,1H3. The van der Waals surface area contributed by atoms with Gasteiger partial charge in [-0.2, -0.15) is 0 Å². The molecule has 1 aromatic carbocycles. The topological polar surface area (TPSA) is 9.23 Å². The number of ether oxygens (including phenoxy) is 1. The Balaban J connectivity index is 3.04. The minimum atomic E-state index is -0.943. The fourth-order valence-corrected chi connectivity index (χ4v) is 1.10. The first-order valence-electron chi connectivity index (χ1n) is 3.29. The maximum Gasteiger partial charge on any atom is 0.228 e. The minimum Gasteiger partial charge on any atom is -0.463 e. The quantitative estimate of drug-likeness (QED) is 0.700. The molecule has 0 aliphatic carbocycles. The second-order valence-corrected chi connectivity index (χ2v) is 2.70. The van der Waals surface area contributed by atoms with Gasteiger partial charge in [0.25, 0.3) is 0 Å². The highest BCUT2D eigenvalue weighted by Crippen LogP contribution is 2.24. The average Bonchev–Trinajstić information content (AvgIpc) is 2.01. The maximum atomic E-state index is 12.9. The van der Waals surface area contributed by atoms with Crippen LogP contribution in [-0.2, 0) is 0 Å². The van der Waals surface area contributed by atoms with E-state index in [0.29, 0.717) is 5.56 Å². The highest BCUT2D eigenvalue weighted by molar-refractivity contribution is 6.30. The molecule has 0 radical (unpaired) electrons. The number of rotatable bonds is 2. The predicted octanol–water partition coefficient (Wildman–Crippen LogP) is 3.09. The van der Waals surface area contributed by atoms with Crippen molar-refractivity contribution in [3.63, 3.8) is 0 Å². The molecule has 0 aliphatic rings. The van der Waals surface area contributed by atoms with E-state index in [1.165, 1.54) is 19.1 Å². The number of aryl methyl sites for hydroxylation is 1. The van der Waals surface area contributed by atoms with Crippen LogP contribution in [0.2, 0.25) is 5.02 Å². The average molecular weight is 193 g/mol. The summed E-state index contributed by atoms with van der Waals surface area (Å²) in [6.45, 7) is 0.591. The van der Waals surface area contributed by atoms with Crippen molar-refractivity contribution in [1.82, 2.24) is 0 Å². The van der Waals surface area contributed by atoms with E-state index in [2.05, 4.69) is 4.74 Å². The SMILES string of the molecule is Cc1cc(OCF)cc(Cl)c1F. The van der Waals surface area contributed by atoms with Gasteiger partial charge in [-0.25, -0.2) is 8.78 Å². The number of benzene rings is 1. The van der Waals surface area contributed by atoms with E-state index in [1.807, 2.05) is 0 Å². The zero-order chi connectivity index (χ0) is 9.14. The third-order valence-corrected chi connectivity index (χ3v) is 1.68. The summed E-state index contributed by atoms with van der Waals surface area (Å²) in [4.78, 5) is 0. The molecule has 0 atom stereocenters. The van der Waals surface area contributed by atoms with Gasteiger partial charge in [0.2, 0.25) is 6.86 Å². The van der Waals surface area contributed by atoms with Gasteiger partial charge in [0, 0.05) is 6.07 Å². The van der Waals surface area contributed by atoms with Gasteiger partial charge in [-0.1, -0.05) is 11.6 Å². The number of hydrogen-bond donors (Lipinski definition) is 0. The summed E-state index contributed by atoms with van der Waals surface area (Å²) >= 11 is 5.48. The molecule has 0 N–H and O–H groups in total. The molecule has 0 aromatic heterocycles. The molecule has 0 bridgehead atoms. The molecular weight excluding hydrogens is 186 g/mol. The van der Waals surface area contributed by atoms with Crippen LogP contribution >= 0.6 is 11.6 Å². The van der Waals surface area contributed by atoms with Crippen molar-refractivity contribution in [2.45, 2.75) is 6.92 Å². The zero-order valence-electron chi connectivity index (χ0n) is 6.40. The van der Waals surface area contributed by atoms with E-state index in [9.17, 15) is 8.78 Å². The van der Waals surface area contributed by atoms with E-state index < -0.39 is 12.7 Å². The summed E-state index contributed by atoms with van der Waals surface area (Å²) in [5.74, 6) is -0.260. The molecule has 12 heavy (non-hydrogen) atoms. The van der Waals surface area contributed by atoms with Gasteiger partial charge in [0.1, 0.15) is 11.6 Å². The lowest BCUT2D eigenvalue weighted by Crippen LogP contribution is -1.92. The largest absolute Gasteiger partial charge is 0.463 e. The van der Waals surface area contributed by atoms with Crippen LogP contribution in [0.5, 0.6) is 5.75 Å². The smallest absolute Gasteiger partial charge is 0.228 e. The first kappa shape index (κ1) is 9.26. The molecule has 0 amide bonds. The molecule has 0 fully saturated rings. The van der Waals surface area contributed by atoms with Crippen molar-refractivity contribution >= 4 is 11.6 Å². The van der Waals surface area contributed by atoms with Crippen molar-refractivity contribution < 1.29 is 13.5 Å². The first-order valence-corrected chi connectivity index (χ1v) is 3.67. The summed E-state index contributed by atoms with van der Waals surface area (Å²) in [5, 5.41) is -0.0570. The van der Waals surface area contributed by atoms with Gasteiger partial charge in [-0.05, 0) is 18.6 Å². The number of alkyl halides is 1. The minimum absolute atomic E-state index is 0.0570. The molecule has 0 saturated heterocycles. The van der Waals surface area contributed by atoms with Crippen molar-refractivity contribution in [1.29, 1.82) is 0 Å². The molecular formula is C8H7ClF2O. The van der Waals surface area contributed by atoms with Crippen LogP contribution in [0, 0.1) is 12.7 Å². The first-order chi connectivity index (χ1) is 5.65. The Morgan fingerprint density at radius 2 is 2.17 bits per heavy atom. The summed E-state index contributed by atoms with van der Waals surface area (Å²) in [6.07, 6.45) is 0. The molecule has 1 nitrogen and oxygen atoms in total. The Kier molecular flexibility index (Phi) is 2.87. The number of hydrogen-bond acceptors (Lipinski definition) is 1. The van der Waals surface area contributed by atoms with Crippen LogP contribution in [0.15, 0.2) is 12.1 Å². The molecule has 0 heterocycles. The van der Waals surface area contributed by atoms with Crippen LogP contribution in [0.4, 0.5) is 8.78 Å². The van der Waals surface area contributed by atoms with Crippen molar-refractivity contribution in [3.05, 3.63) is 28.5 Å². The molecule has 0 spiro atoms. The van der Waals surface area contributed by atoms with Crippen molar-refractivity contribution in [3.8, 4) is 5.75 Å². The fraction of sp³-hybridized carbons (Fsp3) is 0.250. The van der Waals surface area contributed by atoms with Gasteiger partial charge in [-0.15, -0.1) is 0 Å². The lowest BCUT2D eigenvalue weighted by Gasteiger charge is -2.04. The second-order valence-electron chi connectivity index (χ2n) is 2.29. The van der Waals surface area contributed by atoms with Crippen LogP contribution in [0.25, 0.3) is 0 Å². The summed E-state index contributed by atoms with van der Waals surface area (Å²) < 4.78 is 29.1. The Morgan fingerprint density at radius 3 is 2.67 bits per heavy atom. The summed E-state index contributed by atoms with van der Waals surface area (Å²) in [5.41, 5.74) is 0.339. The Morgan fingerprint density at radius 1 is 1.50 bits per heavy atom. The summed E-state index contributed by atoms with van der Waals surface area (Å²) in [7, 11) is 0.